The molecule has 4 aromatic rings. The number of benzene rings is 1. The Kier molecular flexibility index (Phi) is 4.29. The van der Waals surface area contributed by atoms with Crippen molar-refractivity contribution < 1.29 is 9.26 Å². The van der Waals surface area contributed by atoms with Gasteiger partial charge in [-0.1, -0.05) is 16.9 Å². The topological polar surface area (TPSA) is 91.2 Å². The average molecular weight is 368 g/mol. The molecule has 0 atom stereocenters. The largest absolute Gasteiger partial charge is 0.497 e. The molecular formula is C17H16N6O2S. The molecule has 8 nitrogen and oxygen atoms in total. The summed E-state index contributed by atoms with van der Waals surface area (Å²) in [7, 11) is 1.63. The van der Waals surface area contributed by atoms with Gasteiger partial charge in [-0.25, -0.2) is 9.50 Å². The van der Waals surface area contributed by atoms with Crippen LogP contribution in [-0.2, 0) is 5.75 Å². The number of fused-ring (bicyclic) bond motifs is 1. The highest BCUT2D eigenvalue weighted by atomic mass is 32.2. The highest BCUT2D eigenvalue weighted by molar-refractivity contribution is 7.98. The van der Waals surface area contributed by atoms with Gasteiger partial charge in [0.2, 0.25) is 16.9 Å². The van der Waals surface area contributed by atoms with E-state index in [1.54, 1.807) is 11.6 Å². The minimum Gasteiger partial charge on any atom is -0.497 e. The number of aromatic nitrogens is 6. The first-order valence-electron chi connectivity index (χ1n) is 7.93. The second-order valence-corrected chi connectivity index (χ2v) is 6.62. The van der Waals surface area contributed by atoms with Gasteiger partial charge in [0.15, 0.2) is 0 Å². The molecular weight excluding hydrogens is 352 g/mol. The highest BCUT2D eigenvalue weighted by Crippen LogP contribution is 2.23. The molecule has 0 saturated heterocycles. The molecule has 1 aromatic carbocycles. The lowest BCUT2D eigenvalue weighted by atomic mass is 10.2. The lowest BCUT2D eigenvalue weighted by Gasteiger charge is -1.98. The maximum absolute atomic E-state index is 5.32. The fraction of sp³-hybridized carbons (Fsp3) is 0.235. The number of rotatable bonds is 5. The van der Waals surface area contributed by atoms with Crippen LogP contribution >= 0.6 is 11.8 Å². The van der Waals surface area contributed by atoms with E-state index < -0.39 is 0 Å². The zero-order chi connectivity index (χ0) is 18.1. The Morgan fingerprint density at radius 1 is 1.12 bits per heavy atom. The standard InChI is InChI=1S/C17H16N6O2S/c1-10-8-11(2)23-16(18-10)20-17(21-23)26-9-14-19-15(22-25-14)12-4-6-13(24-3)7-5-12/h4-8H,9H2,1-3H3. The van der Waals surface area contributed by atoms with Crippen LogP contribution in [0.15, 0.2) is 40.0 Å². The fourth-order valence-electron chi connectivity index (χ4n) is 2.51. The Labute approximate surface area is 153 Å². The summed E-state index contributed by atoms with van der Waals surface area (Å²) in [5.74, 6) is 2.91. The van der Waals surface area contributed by atoms with Gasteiger partial charge in [-0.2, -0.15) is 9.97 Å². The van der Waals surface area contributed by atoms with Crippen LogP contribution in [0.3, 0.4) is 0 Å². The van der Waals surface area contributed by atoms with Crippen LogP contribution in [0.4, 0.5) is 0 Å². The number of ether oxygens (including phenoxy) is 1. The molecule has 132 valence electrons. The van der Waals surface area contributed by atoms with E-state index in [-0.39, 0.29) is 0 Å². The second kappa shape index (κ2) is 6.75. The van der Waals surface area contributed by atoms with Gasteiger partial charge < -0.3 is 9.26 Å². The van der Waals surface area contributed by atoms with Gasteiger partial charge in [-0.15, -0.1) is 5.10 Å². The molecule has 0 aliphatic carbocycles. The molecule has 9 heteroatoms. The first-order chi connectivity index (χ1) is 12.6. The fourth-order valence-corrected chi connectivity index (χ4v) is 3.16. The zero-order valence-electron chi connectivity index (χ0n) is 14.5. The van der Waals surface area contributed by atoms with Gasteiger partial charge in [0.1, 0.15) is 5.75 Å². The van der Waals surface area contributed by atoms with Crippen molar-refractivity contribution in [2.24, 2.45) is 0 Å². The van der Waals surface area contributed by atoms with Crippen LogP contribution in [-0.4, -0.2) is 36.8 Å². The molecule has 0 spiro atoms. The molecule has 0 N–H and O–H groups in total. The third kappa shape index (κ3) is 3.25. The third-order valence-corrected chi connectivity index (χ3v) is 4.56. The van der Waals surface area contributed by atoms with E-state index in [2.05, 4.69) is 25.2 Å². The van der Waals surface area contributed by atoms with Gasteiger partial charge in [0.05, 0.1) is 12.9 Å². The first kappa shape index (κ1) is 16.5. The summed E-state index contributed by atoms with van der Waals surface area (Å²) in [4.78, 5) is 13.2. The number of hydrogen-bond donors (Lipinski definition) is 0. The molecule has 0 aliphatic heterocycles. The summed E-state index contributed by atoms with van der Waals surface area (Å²) >= 11 is 1.43. The molecule has 0 amide bonds. The average Bonchev–Trinajstić information content (AvgIpc) is 3.27. The van der Waals surface area contributed by atoms with Crippen molar-refractivity contribution in [2.45, 2.75) is 24.8 Å². The summed E-state index contributed by atoms with van der Waals surface area (Å²) in [5, 5.41) is 9.10. The Morgan fingerprint density at radius 3 is 2.69 bits per heavy atom. The van der Waals surface area contributed by atoms with Crippen LogP contribution in [0.25, 0.3) is 17.2 Å². The van der Waals surface area contributed by atoms with Gasteiger partial charge >= 0.3 is 0 Å². The minimum absolute atomic E-state index is 0.484. The molecule has 3 heterocycles. The Morgan fingerprint density at radius 2 is 1.92 bits per heavy atom. The number of hydrogen-bond acceptors (Lipinski definition) is 8. The molecule has 0 saturated carbocycles. The lowest BCUT2D eigenvalue weighted by Crippen LogP contribution is -1.97. The molecule has 0 bridgehead atoms. The van der Waals surface area contributed by atoms with Crippen molar-refractivity contribution in [3.8, 4) is 17.1 Å². The van der Waals surface area contributed by atoms with Crippen LogP contribution in [0.2, 0.25) is 0 Å². The SMILES string of the molecule is COc1ccc(-c2noc(CSc3nc4nc(C)cc(C)n4n3)n2)cc1. The van der Waals surface area contributed by atoms with Crippen molar-refractivity contribution in [2.75, 3.05) is 7.11 Å². The lowest BCUT2D eigenvalue weighted by molar-refractivity contribution is 0.391. The van der Waals surface area contributed by atoms with E-state index in [4.69, 9.17) is 9.26 Å². The number of thioether (sulfide) groups is 1. The summed E-state index contributed by atoms with van der Waals surface area (Å²) in [6.45, 7) is 3.91. The molecule has 0 aliphatic rings. The smallest absolute Gasteiger partial charge is 0.253 e. The molecule has 4 rings (SSSR count). The Hall–Kier alpha value is -2.94. The van der Waals surface area contributed by atoms with E-state index in [0.29, 0.717) is 28.4 Å². The minimum atomic E-state index is 0.484. The van der Waals surface area contributed by atoms with Crippen molar-refractivity contribution in [3.05, 3.63) is 47.6 Å². The van der Waals surface area contributed by atoms with Crippen molar-refractivity contribution in [1.82, 2.24) is 29.7 Å². The van der Waals surface area contributed by atoms with Gasteiger partial charge in [0, 0.05) is 17.0 Å². The van der Waals surface area contributed by atoms with Crippen molar-refractivity contribution in [3.63, 3.8) is 0 Å². The van der Waals surface area contributed by atoms with Crippen molar-refractivity contribution in [1.29, 1.82) is 0 Å². The number of aryl methyl sites for hydroxylation is 2. The zero-order valence-corrected chi connectivity index (χ0v) is 15.3. The van der Waals surface area contributed by atoms with Gasteiger partial charge in [-0.3, -0.25) is 0 Å². The quantitative estimate of drug-likeness (QED) is 0.496. The predicted octanol–water partition coefficient (Wildman–Crippen LogP) is 3.09. The van der Waals surface area contributed by atoms with Crippen LogP contribution in [0, 0.1) is 13.8 Å². The molecule has 0 fully saturated rings. The maximum Gasteiger partial charge on any atom is 0.253 e. The van der Waals surface area contributed by atoms with E-state index in [9.17, 15) is 0 Å². The normalized spacial score (nSPS) is 11.2. The monoisotopic (exact) mass is 368 g/mol. The first-order valence-corrected chi connectivity index (χ1v) is 8.92. The summed E-state index contributed by atoms with van der Waals surface area (Å²) in [5.41, 5.74) is 2.78. The number of methoxy groups -OCH3 is 1. The summed E-state index contributed by atoms with van der Waals surface area (Å²) < 4.78 is 12.2. The van der Waals surface area contributed by atoms with E-state index >= 15 is 0 Å². The van der Waals surface area contributed by atoms with Gasteiger partial charge in [-0.05, 0) is 44.2 Å². The molecule has 3 aromatic heterocycles. The van der Waals surface area contributed by atoms with Gasteiger partial charge in [0.25, 0.3) is 5.78 Å². The summed E-state index contributed by atoms with van der Waals surface area (Å²) in [6.07, 6.45) is 0. The Balaban J connectivity index is 1.48. The molecule has 0 unspecified atom stereocenters. The van der Waals surface area contributed by atoms with E-state index in [1.165, 1.54) is 11.8 Å². The van der Waals surface area contributed by atoms with E-state index in [0.717, 1.165) is 22.7 Å². The molecule has 26 heavy (non-hydrogen) atoms. The van der Waals surface area contributed by atoms with E-state index in [1.807, 2.05) is 44.2 Å². The van der Waals surface area contributed by atoms with Crippen LogP contribution in [0.5, 0.6) is 5.75 Å². The Bertz CT molecular complexity index is 1060. The third-order valence-electron chi connectivity index (χ3n) is 3.74. The van der Waals surface area contributed by atoms with Crippen molar-refractivity contribution >= 4 is 17.5 Å². The highest BCUT2D eigenvalue weighted by Gasteiger charge is 2.12. The maximum atomic E-state index is 5.32. The van der Waals surface area contributed by atoms with Crippen LogP contribution < -0.4 is 4.74 Å². The second-order valence-electron chi connectivity index (χ2n) is 5.67. The van der Waals surface area contributed by atoms with Crippen LogP contribution in [0.1, 0.15) is 17.3 Å². The predicted molar refractivity (Wildman–Crippen MR) is 96.1 cm³/mol. The number of nitrogens with zero attached hydrogens (tertiary/aromatic N) is 6. The summed E-state index contributed by atoms with van der Waals surface area (Å²) in [6, 6.07) is 9.47. The molecule has 0 radical (unpaired) electrons.